The van der Waals surface area contributed by atoms with E-state index in [-0.39, 0.29) is 5.54 Å². The lowest BCUT2D eigenvalue weighted by Gasteiger charge is -2.11. The maximum absolute atomic E-state index is 5.06. The highest BCUT2D eigenvalue weighted by Gasteiger charge is 2.48. The lowest BCUT2D eigenvalue weighted by molar-refractivity contribution is 0.720. The molecule has 1 aliphatic rings. The van der Waals surface area contributed by atoms with Crippen LogP contribution < -0.4 is 0 Å². The van der Waals surface area contributed by atoms with Gasteiger partial charge in [-0.05, 0) is 13.3 Å². The molecule has 100 valence electrons. The normalized spacial score (nSPS) is 23.9. The van der Waals surface area contributed by atoms with Gasteiger partial charge in [-0.3, -0.25) is 4.99 Å². The standard InChI is InChI=1S/C19H19N/c1-3-17-14-19(17,2)20-18(15-10-6-4-7-11-15)16-12-8-5-9-13-16/h3-13,17H,1,14H2,2H3. The summed E-state index contributed by atoms with van der Waals surface area (Å²) in [4.78, 5) is 5.06. The van der Waals surface area contributed by atoms with E-state index < -0.39 is 0 Å². The monoisotopic (exact) mass is 261 g/mol. The molecule has 0 spiro atoms. The van der Waals surface area contributed by atoms with E-state index in [0.29, 0.717) is 5.92 Å². The molecule has 1 heteroatoms. The Morgan fingerprint density at radius 1 is 1.05 bits per heavy atom. The first-order valence-corrected chi connectivity index (χ1v) is 7.06. The Morgan fingerprint density at radius 3 is 1.95 bits per heavy atom. The van der Waals surface area contributed by atoms with Crippen molar-refractivity contribution in [2.24, 2.45) is 10.9 Å². The van der Waals surface area contributed by atoms with Crippen molar-refractivity contribution in [3.05, 3.63) is 84.4 Å². The number of nitrogens with zero attached hydrogens (tertiary/aromatic N) is 1. The molecule has 1 fully saturated rings. The molecule has 2 unspecified atom stereocenters. The van der Waals surface area contributed by atoms with Crippen LogP contribution in [0.1, 0.15) is 24.5 Å². The maximum Gasteiger partial charge on any atom is 0.0725 e. The van der Waals surface area contributed by atoms with Crippen molar-refractivity contribution in [3.8, 4) is 0 Å². The molecule has 0 aromatic heterocycles. The lowest BCUT2D eigenvalue weighted by Crippen LogP contribution is -2.11. The van der Waals surface area contributed by atoms with Crippen LogP contribution in [0.5, 0.6) is 0 Å². The molecule has 0 N–H and O–H groups in total. The summed E-state index contributed by atoms with van der Waals surface area (Å²) < 4.78 is 0. The zero-order valence-corrected chi connectivity index (χ0v) is 11.8. The summed E-state index contributed by atoms with van der Waals surface area (Å²) in [7, 11) is 0. The van der Waals surface area contributed by atoms with E-state index in [1.807, 2.05) is 18.2 Å². The molecule has 1 saturated carbocycles. The van der Waals surface area contributed by atoms with Crippen molar-refractivity contribution in [2.45, 2.75) is 18.9 Å². The van der Waals surface area contributed by atoms with Gasteiger partial charge in [-0.25, -0.2) is 0 Å². The second-order valence-corrected chi connectivity index (χ2v) is 5.60. The minimum atomic E-state index is 0.0166. The van der Waals surface area contributed by atoms with Gasteiger partial charge in [0, 0.05) is 17.0 Å². The Kier molecular flexibility index (Phi) is 3.27. The van der Waals surface area contributed by atoms with Crippen LogP contribution in [0.25, 0.3) is 0 Å². The van der Waals surface area contributed by atoms with Crippen LogP contribution in [-0.2, 0) is 0 Å². The summed E-state index contributed by atoms with van der Waals surface area (Å²) in [6.07, 6.45) is 3.12. The first-order chi connectivity index (χ1) is 9.73. The van der Waals surface area contributed by atoms with Crippen molar-refractivity contribution >= 4 is 5.71 Å². The van der Waals surface area contributed by atoms with E-state index in [1.54, 1.807) is 0 Å². The smallest absolute Gasteiger partial charge is 0.0725 e. The van der Waals surface area contributed by atoms with Gasteiger partial charge in [0.15, 0.2) is 0 Å². The van der Waals surface area contributed by atoms with E-state index in [1.165, 1.54) is 11.1 Å². The summed E-state index contributed by atoms with van der Waals surface area (Å²) in [6, 6.07) is 20.8. The Labute approximate surface area is 120 Å². The molecule has 0 aliphatic heterocycles. The third-order valence-electron chi connectivity index (χ3n) is 4.02. The predicted octanol–water partition coefficient (Wildman–Crippen LogP) is 4.49. The molecule has 0 bridgehead atoms. The average Bonchev–Trinajstić information content (AvgIpc) is 3.17. The molecule has 0 heterocycles. The second kappa shape index (κ2) is 5.09. The molecule has 2 atom stereocenters. The molecule has 0 radical (unpaired) electrons. The van der Waals surface area contributed by atoms with E-state index in [2.05, 4.69) is 62.0 Å². The van der Waals surface area contributed by atoms with Gasteiger partial charge < -0.3 is 0 Å². The van der Waals surface area contributed by atoms with Gasteiger partial charge in [-0.1, -0.05) is 66.7 Å². The quantitative estimate of drug-likeness (QED) is 0.568. The number of rotatable bonds is 4. The molecule has 1 aliphatic carbocycles. The first kappa shape index (κ1) is 12.9. The van der Waals surface area contributed by atoms with Crippen LogP contribution in [0.15, 0.2) is 78.3 Å². The van der Waals surface area contributed by atoms with Gasteiger partial charge in [0.2, 0.25) is 0 Å². The third kappa shape index (κ3) is 2.44. The summed E-state index contributed by atoms with van der Waals surface area (Å²) >= 11 is 0. The predicted molar refractivity (Wildman–Crippen MR) is 85.2 cm³/mol. The fourth-order valence-electron chi connectivity index (χ4n) is 2.60. The molecule has 0 saturated heterocycles. The number of aliphatic imine (C=N–C) groups is 1. The molecule has 1 nitrogen and oxygen atoms in total. The van der Waals surface area contributed by atoms with Crippen LogP contribution in [-0.4, -0.2) is 11.3 Å². The summed E-state index contributed by atoms with van der Waals surface area (Å²) in [6.45, 7) is 6.12. The van der Waals surface area contributed by atoms with E-state index in [0.717, 1.165) is 12.1 Å². The van der Waals surface area contributed by atoms with Gasteiger partial charge >= 0.3 is 0 Å². The third-order valence-corrected chi connectivity index (χ3v) is 4.02. The Bertz CT molecular complexity index is 586. The van der Waals surface area contributed by atoms with Crippen LogP contribution in [0, 0.1) is 5.92 Å². The van der Waals surface area contributed by atoms with Gasteiger partial charge in [-0.2, -0.15) is 0 Å². The number of hydrogen-bond acceptors (Lipinski definition) is 1. The SMILES string of the molecule is C=CC1CC1(C)N=C(c1ccccc1)c1ccccc1. The zero-order chi connectivity index (χ0) is 14.0. The zero-order valence-electron chi connectivity index (χ0n) is 11.8. The van der Waals surface area contributed by atoms with Crippen molar-refractivity contribution in [2.75, 3.05) is 0 Å². The van der Waals surface area contributed by atoms with Crippen molar-refractivity contribution in [1.29, 1.82) is 0 Å². The lowest BCUT2D eigenvalue weighted by atomic mass is 10.0. The van der Waals surface area contributed by atoms with Gasteiger partial charge in [0.25, 0.3) is 0 Å². The fourth-order valence-corrected chi connectivity index (χ4v) is 2.60. The minimum absolute atomic E-state index is 0.0166. The molecular weight excluding hydrogens is 242 g/mol. The van der Waals surface area contributed by atoms with Crippen molar-refractivity contribution in [3.63, 3.8) is 0 Å². The molecule has 2 aromatic carbocycles. The van der Waals surface area contributed by atoms with Crippen LogP contribution >= 0.6 is 0 Å². The molecule has 20 heavy (non-hydrogen) atoms. The number of hydrogen-bond donors (Lipinski definition) is 0. The summed E-state index contributed by atoms with van der Waals surface area (Å²) in [5.41, 5.74) is 3.45. The van der Waals surface area contributed by atoms with Gasteiger partial charge in [-0.15, -0.1) is 6.58 Å². The highest BCUT2D eigenvalue weighted by atomic mass is 14.9. The summed E-state index contributed by atoms with van der Waals surface area (Å²) in [5.74, 6) is 0.505. The van der Waals surface area contributed by atoms with E-state index in [4.69, 9.17) is 4.99 Å². The molecule has 2 aromatic rings. The molecular formula is C19H19N. The van der Waals surface area contributed by atoms with Crippen LogP contribution in [0.4, 0.5) is 0 Å². The van der Waals surface area contributed by atoms with Crippen molar-refractivity contribution < 1.29 is 0 Å². The largest absolute Gasteiger partial charge is 0.277 e. The molecule has 0 amide bonds. The Hall–Kier alpha value is -2.15. The highest BCUT2D eigenvalue weighted by molar-refractivity contribution is 6.13. The maximum atomic E-state index is 5.06. The second-order valence-electron chi connectivity index (χ2n) is 5.60. The highest BCUT2D eigenvalue weighted by Crippen LogP contribution is 2.48. The van der Waals surface area contributed by atoms with Gasteiger partial charge in [0.05, 0.1) is 11.3 Å². The topological polar surface area (TPSA) is 12.4 Å². The minimum Gasteiger partial charge on any atom is -0.277 e. The first-order valence-electron chi connectivity index (χ1n) is 7.06. The summed E-state index contributed by atoms with van der Waals surface area (Å²) in [5, 5.41) is 0. The number of benzene rings is 2. The van der Waals surface area contributed by atoms with Crippen LogP contribution in [0.3, 0.4) is 0 Å². The van der Waals surface area contributed by atoms with E-state index >= 15 is 0 Å². The van der Waals surface area contributed by atoms with Gasteiger partial charge in [0.1, 0.15) is 0 Å². The Morgan fingerprint density at radius 2 is 1.55 bits per heavy atom. The average molecular weight is 261 g/mol. The van der Waals surface area contributed by atoms with Crippen LogP contribution in [0.2, 0.25) is 0 Å². The van der Waals surface area contributed by atoms with E-state index in [9.17, 15) is 0 Å². The Balaban J connectivity index is 2.06. The molecule has 3 rings (SSSR count). The fraction of sp³-hybridized carbons (Fsp3) is 0.211. The van der Waals surface area contributed by atoms with Crippen molar-refractivity contribution in [1.82, 2.24) is 0 Å².